The SMILES string of the molecule is COc1ccc(CN2CCN(C(=O)C(C)Cl)CC2)cc1-c1cc2c(-c3ccc(C(=O)O)cc3)ccnc2[nH]1. The first-order chi connectivity index (χ1) is 18.3. The van der Waals surface area contributed by atoms with E-state index in [0.29, 0.717) is 13.1 Å². The molecule has 1 saturated heterocycles. The van der Waals surface area contributed by atoms with Gasteiger partial charge in [-0.2, -0.15) is 0 Å². The fraction of sp³-hybridized carbons (Fsp3) is 0.276. The Morgan fingerprint density at radius 1 is 1.05 bits per heavy atom. The van der Waals surface area contributed by atoms with Gasteiger partial charge in [-0.05, 0) is 60.0 Å². The molecule has 0 aliphatic carbocycles. The van der Waals surface area contributed by atoms with E-state index in [1.165, 1.54) is 0 Å². The summed E-state index contributed by atoms with van der Waals surface area (Å²) in [7, 11) is 1.66. The van der Waals surface area contributed by atoms with Crippen LogP contribution in [-0.2, 0) is 11.3 Å². The van der Waals surface area contributed by atoms with Crippen molar-refractivity contribution in [3.63, 3.8) is 0 Å². The summed E-state index contributed by atoms with van der Waals surface area (Å²) in [5.74, 6) is -0.214. The molecule has 1 amide bonds. The molecule has 1 fully saturated rings. The van der Waals surface area contributed by atoms with Crippen LogP contribution in [-0.4, -0.2) is 75.4 Å². The average Bonchev–Trinajstić information content (AvgIpc) is 3.37. The number of ether oxygens (including phenoxy) is 1. The fourth-order valence-corrected chi connectivity index (χ4v) is 5.05. The molecular weight excluding hydrogens is 504 g/mol. The number of benzene rings is 2. The maximum atomic E-state index is 12.2. The van der Waals surface area contributed by atoms with Crippen LogP contribution >= 0.6 is 11.6 Å². The Kier molecular flexibility index (Phi) is 7.35. The third kappa shape index (κ3) is 5.23. The van der Waals surface area contributed by atoms with E-state index in [1.54, 1.807) is 32.4 Å². The van der Waals surface area contributed by atoms with Gasteiger partial charge in [-0.25, -0.2) is 9.78 Å². The number of methoxy groups -OCH3 is 1. The number of nitrogens with zero attached hydrogens (tertiary/aromatic N) is 3. The van der Waals surface area contributed by atoms with Crippen LogP contribution in [0.5, 0.6) is 5.75 Å². The Labute approximate surface area is 225 Å². The van der Waals surface area contributed by atoms with Crippen LogP contribution in [0.15, 0.2) is 60.8 Å². The number of aromatic amines is 1. The van der Waals surface area contributed by atoms with Crippen molar-refractivity contribution >= 4 is 34.5 Å². The Balaban J connectivity index is 1.41. The molecule has 1 atom stereocenters. The first-order valence-corrected chi connectivity index (χ1v) is 12.9. The minimum Gasteiger partial charge on any atom is -0.496 e. The second-order valence-electron chi connectivity index (χ2n) is 9.44. The number of carboxylic acid groups (broad SMARTS) is 1. The van der Waals surface area contributed by atoms with Crippen molar-refractivity contribution in [3.05, 3.63) is 71.9 Å². The number of rotatable bonds is 7. The average molecular weight is 533 g/mol. The third-order valence-corrected chi connectivity index (χ3v) is 7.15. The highest BCUT2D eigenvalue weighted by molar-refractivity contribution is 6.30. The molecule has 0 radical (unpaired) electrons. The molecule has 2 N–H and O–H groups in total. The predicted molar refractivity (Wildman–Crippen MR) is 148 cm³/mol. The maximum absolute atomic E-state index is 12.2. The topological polar surface area (TPSA) is 98.8 Å². The van der Waals surface area contributed by atoms with Crippen LogP contribution in [0.3, 0.4) is 0 Å². The molecule has 2 aromatic carbocycles. The quantitative estimate of drug-likeness (QED) is 0.329. The molecule has 2 aromatic heterocycles. The Hall–Kier alpha value is -3.88. The number of halogens is 1. The molecule has 1 unspecified atom stereocenters. The fourth-order valence-electron chi connectivity index (χ4n) is 4.92. The van der Waals surface area contributed by atoms with Crippen LogP contribution in [0.4, 0.5) is 0 Å². The summed E-state index contributed by atoms with van der Waals surface area (Å²) in [5.41, 5.74) is 5.81. The normalized spacial score (nSPS) is 15.0. The molecule has 1 aliphatic rings. The largest absolute Gasteiger partial charge is 0.496 e. The number of piperazine rings is 1. The Morgan fingerprint density at radius 3 is 2.45 bits per heavy atom. The number of carboxylic acids is 1. The minimum absolute atomic E-state index is 0.0114. The molecule has 0 bridgehead atoms. The van der Waals surface area contributed by atoms with Gasteiger partial charge in [0, 0.05) is 49.9 Å². The van der Waals surface area contributed by atoms with Gasteiger partial charge in [0.1, 0.15) is 16.8 Å². The summed E-state index contributed by atoms with van der Waals surface area (Å²) < 4.78 is 5.69. The summed E-state index contributed by atoms with van der Waals surface area (Å²) in [6.45, 7) is 5.39. The van der Waals surface area contributed by atoms with E-state index < -0.39 is 11.3 Å². The maximum Gasteiger partial charge on any atom is 0.335 e. The van der Waals surface area contributed by atoms with Crippen LogP contribution in [0.25, 0.3) is 33.4 Å². The lowest BCUT2D eigenvalue weighted by Gasteiger charge is -2.35. The number of nitrogens with one attached hydrogen (secondary N) is 1. The number of hydrogen-bond donors (Lipinski definition) is 2. The summed E-state index contributed by atoms with van der Waals surface area (Å²) >= 11 is 5.98. The lowest BCUT2D eigenvalue weighted by Crippen LogP contribution is -2.49. The standard InChI is InChI=1S/C29H29ClN4O4/c1-18(30)28(35)34-13-11-33(12-14-34)17-19-3-8-26(38-2)24(15-19)25-16-23-22(9-10-31-27(23)32-25)20-4-6-21(7-5-20)29(36)37/h3-10,15-16,18H,11-14,17H2,1-2H3,(H,31,32)(H,36,37). The van der Waals surface area contributed by atoms with Crippen LogP contribution in [0.2, 0.25) is 0 Å². The molecule has 8 nitrogen and oxygen atoms in total. The lowest BCUT2D eigenvalue weighted by molar-refractivity contribution is -0.132. The van der Waals surface area contributed by atoms with Gasteiger partial charge in [0.25, 0.3) is 0 Å². The summed E-state index contributed by atoms with van der Waals surface area (Å²) in [6.07, 6.45) is 1.74. The third-order valence-electron chi connectivity index (χ3n) is 6.96. The van der Waals surface area contributed by atoms with Gasteiger partial charge >= 0.3 is 5.97 Å². The van der Waals surface area contributed by atoms with E-state index >= 15 is 0 Å². The molecule has 3 heterocycles. The van der Waals surface area contributed by atoms with E-state index in [2.05, 4.69) is 33.1 Å². The highest BCUT2D eigenvalue weighted by Crippen LogP contribution is 2.36. The zero-order valence-electron chi connectivity index (χ0n) is 21.3. The number of fused-ring (bicyclic) bond motifs is 1. The van der Waals surface area contributed by atoms with Gasteiger partial charge in [-0.1, -0.05) is 18.2 Å². The zero-order valence-corrected chi connectivity index (χ0v) is 22.0. The van der Waals surface area contributed by atoms with Crippen molar-refractivity contribution in [2.24, 2.45) is 0 Å². The number of aromatic nitrogens is 2. The first kappa shape index (κ1) is 25.8. The molecular formula is C29H29ClN4O4. The van der Waals surface area contributed by atoms with Crippen molar-refractivity contribution in [1.82, 2.24) is 19.8 Å². The molecule has 9 heteroatoms. The van der Waals surface area contributed by atoms with Gasteiger partial charge in [0.15, 0.2) is 0 Å². The van der Waals surface area contributed by atoms with E-state index in [0.717, 1.165) is 64.4 Å². The molecule has 0 spiro atoms. The first-order valence-electron chi connectivity index (χ1n) is 12.5. The number of hydrogen-bond acceptors (Lipinski definition) is 5. The van der Waals surface area contributed by atoms with Gasteiger partial charge in [0.05, 0.1) is 18.4 Å². The van der Waals surface area contributed by atoms with Gasteiger partial charge in [-0.3, -0.25) is 9.69 Å². The van der Waals surface area contributed by atoms with E-state index in [4.69, 9.17) is 16.3 Å². The molecule has 4 aromatic rings. The second-order valence-corrected chi connectivity index (χ2v) is 10.1. The van der Waals surface area contributed by atoms with Crippen molar-refractivity contribution < 1.29 is 19.4 Å². The Bertz CT molecular complexity index is 1470. The minimum atomic E-state index is -0.951. The molecule has 38 heavy (non-hydrogen) atoms. The summed E-state index contributed by atoms with van der Waals surface area (Å²) in [4.78, 5) is 35.6. The van der Waals surface area contributed by atoms with Gasteiger partial charge in [0.2, 0.25) is 5.91 Å². The van der Waals surface area contributed by atoms with Crippen molar-refractivity contribution in [2.45, 2.75) is 18.8 Å². The molecule has 196 valence electrons. The van der Waals surface area contributed by atoms with Crippen LogP contribution in [0, 0.1) is 0 Å². The van der Waals surface area contributed by atoms with Crippen molar-refractivity contribution in [1.29, 1.82) is 0 Å². The predicted octanol–water partition coefficient (Wildman–Crippen LogP) is 4.88. The smallest absolute Gasteiger partial charge is 0.335 e. The highest BCUT2D eigenvalue weighted by atomic mass is 35.5. The number of carbonyl (C=O) groups excluding carboxylic acids is 1. The number of aromatic carboxylic acids is 1. The second kappa shape index (κ2) is 10.8. The number of carbonyl (C=O) groups is 2. The highest BCUT2D eigenvalue weighted by Gasteiger charge is 2.24. The van der Waals surface area contributed by atoms with Crippen molar-refractivity contribution in [3.8, 4) is 28.1 Å². The summed E-state index contributed by atoms with van der Waals surface area (Å²) in [6, 6.07) is 17.0. The number of pyridine rings is 1. The van der Waals surface area contributed by atoms with E-state index in [1.807, 2.05) is 29.2 Å². The number of alkyl halides is 1. The summed E-state index contributed by atoms with van der Waals surface area (Å²) in [5, 5.41) is 9.66. The number of amides is 1. The monoisotopic (exact) mass is 532 g/mol. The lowest BCUT2D eigenvalue weighted by atomic mass is 10.0. The van der Waals surface area contributed by atoms with Crippen LogP contribution < -0.4 is 4.74 Å². The van der Waals surface area contributed by atoms with E-state index in [9.17, 15) is 14.7 Å². The Morgan fingerprint density at radius 2 is 1.79 bits per heavy atom. The van der Waals surface area contributed by atoms with Gasteiger partial charge in [-0.15, -0.1) is 11.6 Å². The zero-order chi connectivity index (χ0) is 26.8. The molecule has 1 aliphatic heterocycles. The number of H-pyrrole nitrogens is 1. The molecule has 5 rings (SSSR count). The van der Waals surface area contributed by atoms with Crippen LogP contribution in [0.1, 0.15) is 22.8 Å². The molecule has 0 saturated carbocycles. The van der Waals surface area contributed by atoms with Gasteiger partial charge < -0.3 is 19.7 Å². The van der Waals surface area contributed by atoms with Crippen molar-refractivity contribution in [2.75, 3.05) is 33.3 Å². The van der Waals surface area contributed by atoms with E-state index in [-0.39, 0.29) is 11.5 Å².